The zero-order valence-corrected chi connectivity index (χ0v) is 12.7. The predicted octanol–water partition coefficient (Wildman–Crippen LogP) is 3.10. The van der Waals surface area contributed by atoms with Crippen molar-refractivity contribution < 1.29 is 9.53 Å². The summed E-state index contributed by atoms with van der Waals surface area (Å²) in [6.45, 7) is 2.68. The van der Waals surface area contributed by atoms with Crippen LogP contribution in [-0.4, -0.2) is 23.6 Å². The number of carbonyl (C=O) groups excluding carboxylic acids is 1. The zero-order chi connectivity index (χ0) is 15.4. The third-order valence-corrected chi connectivity index (χ3v) is 3.99. The summed E-state index contributed by atoms with van der Waals surface area (Å²) in [6.07, 6.45) is 5.11. The van der Waals surface area contributed by atoms with Gasteiger partial charge >= 0.3 is 0 Å². The summed E-state index contributed by atoms with van der Waals surface area (Å²) in [6, 6.07) is 12.1. The average molecular weight is 296 g/mol. The maximum atomic E-state index is 12.1. The van der Waals surface area contributed by atoms with Crippen molar-refractivity contribution in [1.29, 1.82) is 0 Å². The topological polar surface area (TPSA) is 51.2 Å². The summed E-state index contributed by atoms with van der Waals surface area (Å²) in [5.74, 6) is -0.0127. The fraction of sp³-hybridized carbons (Fsp3) is 0.333. The van der Waals surface area contributed by atoms with Crippen LogP contribution in [0.15, 0.2) is 48.8 Å². The normalized spacial score (nSPS) is 18.9. The van der Waals surface area contributed by atoms with E-state index in [-0.39, 0.29) is 18.1 Å². The molecule has 0 unspecified atom stereocenters. The van der Waals surface area contributed by atoms with E-state index in [0.717, 1.165) is 29.5 Å². The molecule has 4 nitrogen and oxygen atoms in total. The molecule has 0 aliphatic carbocycles. The number of carbonyl (C=O) groups is 1. The molecule has 0 bridgehead atoms. The number of aromatic nitrogens is 1. The fourth-order valence-electron chi connectivity index (χ4n) is 2.67. The lowest BCUT2D eigenvalue weighted by Crippen LogP contribution is -2.35. The van der Waals surface area contributed by atoms with Crippen LogP contribution in [-0.2, 0) is 9.53 Å². The van der Waals surface area contributed by atoms with Gasteiger partial charge in [-0.15, -0.1) is 0 Å². The number of rotatable bonds is 4. The second-order valence-electron chi connectivity index (χ2n) is 5.60. The van der Waals surface area contributed by atoms with Crippen molar-refractivity contribution in [2.75, 3.05) is 6.61 Å². The van der Waals surface area contributed by atoms with E-state index in [1.54, 1.807) is 6.20 Å². The van der Waals surface area contributed by atoms with E-state index < -0.39 is 0 Å². The van der Waals surface area contributed by atoms with E-state index in [2.05, 4.69) is 22.4 Å². The number of ether oxygens (including phenoxy) is 1. The Kier molecular flexibility index (Phi) is 4.49. The van der Waals surface area contributed by atoms with Gasteiger partial charge in [-0.1, -0.05) is 30.3 Å². The first-order valence-electron chi connectivity index (χ1n) is 7.66. The summed E-state index contributed by atoms with van der Waals surface area (Å²) in [4.78, 5) is 16.2. The molecule has 2 heterocycles. The first-order chi connectivity index (χ1) is 10.7. The standard InChI is InChI=1S/C18H20N2O2/c1-13(20-18(21)17-5-3-11-22-17)14-6-8-15(9-7-14)16-4-2-10-19-12-16/h2,4,6-10,12-13,17H,3,5,11H2,1H3,(H,20,21)/t13-,17+/m0/s1. The molecule has 1 N–H and O–H groups in total. The van der Waals surface area contributed by atoms with Crippen molar-refractivity contribution >= 4 is 5.91 Å². The number of hydrogen-bond donors (Lipinski definition) is 1. The molecule has 1 aliphatic rings. The monoisotopic (exact) mass is 296 g/mol. The summed E-state index contributed by atoms with van der Waals surface area (Å²) in [5.41, 5.74) is 3.29. The number of pyridine rings is 1. The lowest BCUT2D eigenvalue weighted by atomic mass is 10.0. The number of nitrogens with zero attached hydrogens (tertiary/aromatic N) is 1. The highest BCUT2D eigenvalue weighted by Gasteiger charge is 2.24. The molecular formula is C18H20N2O2. The Bertz CT molecular complexity index is 619. The molecule has 1 aromatic carbocycles. The lowest BCUT2D eigenvalue weighted by Gasteiger charge is -2.17. The van der Waals surface area contributed by atoms with Crippen molar-refractivity contribution in [2.24, 2.45) is 0 Å². The van der Waals surface area contributed by atoms with Gasteiger partial charge in [0.25, 0.3) is 0 Å². The summed E-state index contributed by atoms with van der Waals surface area (Å²) < 4.78 is 5.41. The number of benzene rings is 1. The minimum atomic E-state index is -0.280. The van der Waals surface area contributed by atoms with Crippen LogP contribution >= 0.6 is 0 Å². The molecule has 0 saturated carbocycles. The molecule has 0 radical (unpaired) electrons. The molecule has 114 valence electrons. The molecule has 2 aromatic rings. The highest BCUT2D eigenvalue weighted by Crippen LogP contribution is 2.21. The summed E-state index contributed by atoms with van der Waals surface area (Å²) in [5, 5.41) is 3.02. The van der Waals surface area contributed by atoms with Crippen LogP contribution in [0.2, 0.25) is 0 Å². The Hall–Kier alpha value is -2.20. The van der Waals surface area contributed by atoms with Gasteiger partial charge in [-0.2, -0.15) is 0 Å². The van der Waals surface area contributed by atoms with E-state index in [1.165, 1.54) is 0 Å². The van der Waals surface area contributed by atoms with Gasteiger partial charge in [0.1, 0.15) is 6.10 Å². The maximum absolute atomic E-state index is 12.1. The van der Waals surface area contributed by atoms with Crippen LogP contribution in [0.4, 0.5) is 0 Å². The van der Waals surface area contributed by atoms with Crippen molar-refractivity contribution in [2.45, 2.75) is 31.9 Å². The average Bonchev–Trinajstić information content (AvgIpc) is 3.10. The van der Waals surface area contributed by atoms with Crippen LogP contribution in [0.25, 0.3) is 11.1 Å². The van der Waals surface area contributed by atoms with E-state index >= 15 is 0 Å². The lowest BCUT2D eigenvalue weighted by molar-refractivity contribution is -0.130. The third kappa shape index (κ3) is 3.34. The molecule has 4 heteroatoms. The fourth-order valence-corrected chi connectivity index (χ4v) is 2.67. The Morgan fingerprint density at radius 1 is 1.27 bits per heavy atom. The van der Waals surface area contributed by atoms with Crippen LogP contribution in [0.5, 0.6) is 0 Å². The summed E-state index contributed by atoms with van der Waals surface area (Å²) in [7, 11) is 0. The van der Waals surface area contributed by atoms with E-state index in [4.69, 9.17) is 4.74 Å². The highest BCUT2D eigenvalue weighted by atomic mass is 16.5. The molecule has 2 atom stereocenters. The predicted molar refractivity (Wildman–Crippen MR) is 85.2 cm³/mol. The van der Waals surface area contributed by atoms with Gasteiger partial charge in [0.15, 0.2) is 0 Å². The Labute approximate surface area is 130 Å². The van der Waals surface area contributed by atoms with E-state index in [0.29, 0.717) is 6.61 Å². The molecule has 1 aliphatic heterocycles. The van der Waals surface area contributed by atoms with E-state index in [9.17, 15) is 4.79 Å². The van der Waals surface area contributed by atoms with E-state index in [1.807, 2.05) is 37.4 Å². The largest absolute Gasteiger partial charge is 0.368 e. The van der Waals surface area contributed by atoms with Gasteiger partial charge in [-0.3, -0.25) is 9.78 Å². The molecule has 0 spiro atoms. The van der Waals surface area contributed by atoms with Crippen LogP contribution < -0.4 is 5.32 Å². The van der Waals surface area contributed by atoms with Gasteiger partial charge in [-0.25, -0.2) is 0 Å². The maximum Gasteiger partial charge on any atom is 0.249 e. The first kappa shape index (κ1) is 14.7. The van der Waals surface area contributed by atoms with Gasteiger partial charge < -0.3 is 10.1 Å². The number of hydrogen-bond acceptors (Lipinski definition) is 3. The first-order valence-corrected chi connectivity index (χ1v) is 7.66. The molecule has 1 saturated heterocycles. The Balaban J connectivity index is 1.66. The van der Waals surface area contributed by atoms with Crippen molar-refractivity contribution in [1.82, 2.24) is 10.3 Å². The summed E-state index contributed by atoms with van der Waals surface area (Å²) >= 11 is 0. The van der Waals surface area contributed by atoms with Crippen LogP contribution in [0.3, 0.4) is 0 Å². The van der Waals surface area contributed by atoms with Gasteiger partial charge in [0.2, 0.25) is 5.91 Å². The zero-order valence-electron chi connectivity index (χ0n) is 12.7. The SMILES string of the molecule is C[C@H](NC(=O)[C@H]1CCCO1)c1ccc(-c2cccnc2)cc1. The third-order valence-electron chi connectivity index (χ3n) is 3.99. The molecule has 1 amide bonds. The smallest absolute Gasteiger partial charge is 0.249 e. The molecular weight excluding hydrogens is 276 g/mol. The van der Waals surface area contributed by atoms with Crippen molar-refractivity contribution in [3.63, 3.8) is 0 Å². The molecule has 1 aromatic heterocycles. The Morgan fingerprint density at radius 2 is 2.09 bits per heavy atom. The second-order valence-corrected chi connectivity index (χ2v) is 5.60. The van der Waals surface area contributed by atoms with Crippen LogP contribution in [0, 0.1) is 0 Å². The van der Waals surface area contributed by atoms with Gasteiger partial charge in [-0.05, 0) is 42.5 Å². The second kappa shape index (κ2) is 6.71. The Morgan fingerprint density at radius 3 is 2.73 bits per heavy atom. The number of nitrogens with one attached hydrogen (secondary N) is 1. The minimum absolute atomic E-state index is 0.0127. The van der Waals surface area contributed by atoms with Crippen molar-refractivity contribution in [3.8, 4) is 11.1 Å². The van der Waals surface area contributed by atoms with Crippen LogP contribution in [0.1, 0.15) is 31.4 Å². The quantitative estimate of drug-likeness (QED) is 0.943. The molecule has 1 fully saturated rings. The van der Waals surface area contributed by atoms with Gasteiger partial charge in [0, 0.05) is 19.0 Å². The number of amides is 1. The molecule has 22 heavy (non-hydrogen) atoms. The van der Waals surface area contributed by atoms with Crippen molar-refractivity contribution in [3.05, 3.63) is 54.4 Å². The van der Waals surface area contributed by atoms with Gasteiger partial charge in [0.05, 0.1) is 6.04 Å². The highest BCUT2D eigenvalue weighted by molar-refractivity contribution is 5.81. The minimum Gasteiger partial charge on any atom is -0.368 e. The molecule has 3 rings (SSSR count).